The number of rotatable bonds is 5. The Morgan fingerprint density at radius 3 is 2.08 bits per heavy atom. The second-order valence-corrected chi connectivity index (χ2v) is 5.01. The second kappa shape index (κ2) is 4.75. The van der Waals surface area contributed by atoms with E-state index in [1.165, 1.54) is 0 Å². The van der Waals surface area contributed by atoms with Gasteiger partial charge >= 0.3 is 0 Å². The van der Waals surface area contributed by atoms with Crippen LogP contribution in [-0.4, -0.2) is 30.8 Å². The van der Waals surface area contributed by atoms with Gasteiger partial charge in [-0.25, -0.2) is 0 Å². The molecule has 0 aromatic carbocycles. The van der Waals surface area contributed by atoms with Gasteiger partial charge in [0.05, 0.1) is 0 Å². The topological polar surface area (TPSA) is 20.3 Å². The van der Waals surface area contributed by atoms with Crippen LogP contribution in [0.5, 0.6) is 0 Å². The maximum absolute atomic E-state index is 10.7. The summed E-state index contributed by atoms with van der Waals surface area (Å²) < 4.78 is 0. The first kappa shape index (κ1) is 12.6. The van der Waals surface area contributed by atoms with Gasteiger partial charge in [-0.15, -0.1) is 0 Å². The van der Waals surface area contributed by atoms with Crippen molar-refractivity contribution in [1.82, 2.24) is 4.90 Å². The molecule has 0 aliphatic heterocycles. The highest BCUT2D eigenvalue weighted by molar-refractivity contribution is 5.58. The third-order valence-electron chi connectivity index (χ3n) is 2.64. The molecule has 0 aromatic heterocycles. The Bertz CT molecular complexity index is 163. The van der Waals surface area contributed by atoms with Crippen molar-refractivity contribution < 1.29 is 4.79 Å². The van der Waals surface area contributed by atoms with E-state index in [4.69, 9.17) is 0 Å². The van der Waals surface area contributed by atoms with Crippen LogP contribution in [0.1, 0.15) is 34.6 Å². The highest BCUT2D eigenvalue weighted by Gasteiger charge is 2.22. The number of hydrogen-bond donors (Lipinski definition) is 0. The van der Waals surface area contributed by atoms with Gasteiger partial charge in [-0.05, 0) is 19.9 Å². The van der Waals surface area contributed by atoms with Gasteiger partial charge < -0.3 is 9.69 Å². The van der Waals surface area contributed by atoms with Crippen LogP contribution in [-0.2, 0) is 4.79 Å². The van der Waals surface area contributed by atoms with Crippen LogP contribution in [0.15, 0.2) is 0 Å². The van der Waals surface area contributed by atoms with E-state index >= 15 is 0 Å². The lowest BCUT2D eigenvalue weighted by Gasteiger charge is -2.32. The number of aldehydes is 1. The van der Waals surface area contributed by atoms with Crippen molar-refractivity contribution in [1.29, 1.82) is 0 Å². The zero-order valence-corrected chi connectivity index (χ0v) is 9.79. The summed E-state index contributed by atoms with van der Waals surface area (Å²) in [5.74, 6) is 0.632. The van der Waals surface area contributed by atoms with Gasteiger partial charge in [-0.1, -0.05) is 27.7 Å². The average molecular weight is 185 g/mol. The van der Waals surface area contributed by atoms with Crippen LogP contribution >= 0.6 is 0 Å². The van der Waals surface area contributed by atoms with Crippen LogP contribution in [0.3, 0.4) is 0 Å². The summed E-state index contributed by atoms with van der Waals surface area (Å²) in [5, 5.41) is 0. The largest absolute Gasteiger partial charge is 0.303 e. The Morgan fingerprint density at radius 1 is 1.31 bits per heavy atom. The molecule has 0 saturated heterocycles. The van der Waals surface area contributed by atoms with Crippen molar-refractivity contribution in [3.63, 3.8) is 0 Å². The highest BCUT2D eigenvalue weighted by Crippen LogP contribution is 2.16. The van der Waals surface area contributed by atoms with Crippen LogP contribution in [0.25, 0.3) is 0 Å². The summed E-state index contributed by atoms with van der Waals surface area (Å²) >= 11 is 0. The summed E-state index contributed by atoms with van der Waals surface area (Å²) in [6.45, 7) is 11.4. The molecule has 0 aliphatic carbocycles. The van der Waals surface area contributed by atoms with Crippen LogP contribution < -0.4 is 0 Å². The van der Waals surface area contributed by atoms with E-state index in [0.717, 1.165) is 12.8 Å². The SMILES string of the molecule is CC(C)C(C)N(C)CC(C)(C)C=O. The molecule has 0 fully saturated rings. The van der Waals surface area contributed by atoms with Gasteiger partial charge in [0.1, 0.15) is 6.29 Å². The van der Waals surface area contributed by atoms with E-state index in [-0.39, 0.29) is 5.41 Å². The third-order valence-corrected chi connectivity index (χ3v) is 2.64. The summed E-state index contributed by atoms with van der Waals surface area (Å²) in [7, 11) is 2.08. The molecule has 0 bridgehead atoms. The lowest BCUT2D eigenvalue weighted by Crippen LogP contribution is -2.40. The highest BCUT2D eigenvalue weighted by atomic mass is 16.1. The first-order chi connectivity index (χ1) is 5.80. The minimum atomic E-state index is -0.224. The molecule has 1 unspecified atom stereocenters. The monoisotopic (exact) mass is 185 g/mol. The minimum absolute atomic E-state index is 0.224. The lowest BCUT2D eigenvalue weighted by molar-refractivity contribution is -0.115. The molecule has 0 amide bonds. The van der Waals surface area contributed by atoms with E-state index in [2.05, 4.69) is 32.7 Å². The Balaban J connectivity index is 4.14. The molecule has 0 aromatic rings. The summed E-state index contributed by atoms with van der Waals surface area (Å²) in [5.41, 5.74) is -0.224. The number of carbonyl (C=O) groups excluding carboxylic acids is 1. The van der Waals surface area contributed by atoms with Gasteiger partial charge in [-0.3, -0.25) is 0 Å². The smallest absolute Gasteiger partial charge is 0.126 e. The van der Waals surface area contributed by atoms with E-state index in [0.29, 0.717) is 12.0 Å². The summed E-state index contributed by atoms with van der Waals surface area (Å²) in [4.78, 5) is 13.0. The standard InChI is InChI=1S/C11H23NO/c1-9(2)10(3)12(6)7-11(4,5)8-13/h8-10H,7H2,1-6H3. The molecule has 0 aliphatic rings. The first-order valence-electron chi connectivity index (χ1n) is 4.96. The fraction of sp³-hybridized carbons (Fsp3) is 0.909. The van der Waals surface area contributed by atoms with Crippen molar-refractivity contribution in [2.24, 2.45) is 11.3 Å². The lowest BCUT2D eigenvalue weighted by atomic mass is 9.93. The zero-order valence-electron chi connectivity index (χ0n) is 9.79. The molecule has 0 heterocycles. The molecular formula is C11H23NO. The molecule has 13 heavy (non-hydrogen) atoms. The van der Waals surface area contributed by atoms with Crippen molar-refractivity contribution in [2.45, 2.75) is 40.7 Å². The summed E-state index contributed by atoms with van der Waals surface area (Å²) in [6.07, 6.45) is 1.04. The van der Waals surface area contributed by atoms with E-state index in [1.807, 2.05) is 13.8 Å². The molecule has 0 rings (SSSR count). The van der Waals surface area contributed by atoms with Crippen LogP contribution in [0, 0.1) is 11.3 Å². The normalized spacial score (nSPS) is 15.1. The van der Waals surface area contributed by atoms with Crippen LogP contribution in [0.4, 0.5) is 0 Å². The number of nitrogens with zero attached hydrogens (tertiary/aromatic N) is 1. The maximum atomic E-state index is 10.7. The third kappa shape index (κ3) is 4.41. The predicted octanol–water partition coefficient (Wildman–Crippen LogP) is 2.19. The molecule has 0 spiro atoms. The molecular weight excluding hydrogens is 162 g/mol. The molecule has 0 radical (unpaired) electrons. The molecule has 0 saturated carbocycles. The van der Waals surface area contributed by atoms with Gasteiger partial charge in [0.15, 0.2) is 0 Å². The Kier molecular flexibility index (Phi) is 4.62. The van der Waals surface area contributed by atoms with Gasteiger partial charge in [0.25, 0.3) is 0 Å². The average Bonchev–Trinajstić information content (AvgIpc) is 2.02. The van der Waals surface area contributed by atoms with Gasteiger partial charge in [0.2, 0.25) is 0 Å². The molecule has 2 nitrogen and oxygen atoms in total. The van der Waals surface area contributed by atoms with Gasteiger partial charge in [-0.2, -0.15) is 0 Å². The van der Waals surface area contributed by atoms with Crippen molar-refractivity contribution in [2.75, 3.05) is 13.6 Å². The second-order valence-electron chi connectivity index (χ2n) is 5.01. The van der Waals surface area contributed by atoms with E-state index < -0.39 is 0 Å². The van der Waals surface area contributed by atoms with Crippen molar-refractivity contribution in [3.05, 3.63) is 0 Å². The quantitative estimate of drug-likeness (QED) is 0.612. The fourth-order valence-corrected chi connectivity index (χ4v) is 1.33. The van der Waals surface area contributed by atoms with E-state index in [9.17, 15) is 4.79 Å². The van der Waals surface area contributed by atoms with E-state index in [1.54, 1.807) is 0 Å². The van der Waals surface area contributed by atoms with Gasteiger partial charge in [0, 0.05) is 18.0 Å². The predicted molar refractivity (Wildman–Crippen MR) is 56.8 cm³/mol. The summed E-state index contributed by atoms with van der Waals surface area (Å²) in [6, 6.07) is 0.527. The Hall–Kier alpha value is -0.370. The maximum Gasteiger partial charge on any atom is 0.126 e. The Labute approximate surface area is 82.3 Å². The van der Waals surface area contributed by atoms with Crippen molar-refractivity contribution >= 4 is 6.29 Å². The molecule has 0 N–H and O–H groups in total. The van der Waals surface area contributed by atoms with Crippen molar-refractivity contribution in [3.8, 4) is 0 Å². The molecule has 78 valence electrons. The minimum Gasteiger partial charge on any atom is -0.303 e. The molecule has 1 atom stereocenters. The Morgan fingerprint density at radius 2 is 1.77 bits per heavy atom. The first-order valence-corrected chi connectivity index (χ1v) is 4.96. The van der Waals surface area contributed by atoms with Crippen LogP contribution in [0.2, 0.25) is 0 Å². The zero-order chi connectivity index (χ0) is 10.6. The number of hydrogen-bond acceptors (Lipinski definition) is 2. The number of carbonyl (C=O) groups is 1. The molecule has 2 heteroatoms. The fourth-order valence-electron chi connectivity index (χ4n) is 1.33.